The van der Waals surface area contributed by atoms with Gasteiger partial charge in [-0.3, -0.25) is 0 Å². The van der Waals surface area contributed by atoms with E-state index in [2.05, 4.69) is 32.0 Å². The van der Waals surface area contributed by atoms with Gasteiger partial charge in [0.2, 0.25) is 0 Å². The van der Waals surface area contributed by atoms with Crippen LogP contribution in [0.15, 0.2) is 18.2 Å². The van der Waals surface area contributed by atoms with Gasteiger partial charge in [0.15, 0.2) is 0 Å². The van der Waals surface area contributed by atoms with Gasteiger partial charge in [-0.1, -0.05) is 30.7 Å². The zero-order valence-corrected chi connectivity index (χ0v) is 9.09. The van der Waals surface area contributed by atoms with Gasteiger partial charge in [0, 0.05) is 0 Å². The Hall–Kier alpha value is -0.820. The third-order valence-electron chi connectivity index (χ3n) is 3.51. The summed E-state index contributed by atoms with van der Waals surface area (Å²) in [4.78, 5) is 0. The molecule has 0 heterocycles. The van der Waals surface area contributed by atoms with Crippen molar-refractivity contribution in [3.63, 3.8) is 0 Å². The Morgan fingerprint density at radius 2 is 2.21 bits per heavy atom. The van der Waals surface area contributed by atoms with E-state index in [-0.39, 0.29) is 0 Å². The Bertz CT molecular complexity index is 330. The van der Waals surface area contributed by atoms with Gasteiger partial charge in [-0.05, 0) is 49.3 Å². The van der Waals surface area contributed by atoms with Gasteiger partial charge in [0.1, 0.15) is 0 Å². The maximum Gasteiger partial charge on any atom is -0.000556 e. The molecule has 1 nitrogen and oxygen atoms in total. The summed E-state index contributed by atoms with van der Waals surface area (Å²) in [5.74, 6) is 1.33. The fraction of sp³-hybridized carbons (Fsp3) is 0.538. The van der Waals surface area contributed by atoms with E-state index in [0.29, 0.717) is 5.92 Å². The van der Waals surface area contributed by atoms with Crippen LogP contribution in [0.5, 0.6) is 0 Å². The molecule has 1 aromatic carbocycles. The Balaban J connectivity index is 2.41. The molecule has 0 saturated heterocycles. The monoisotopic (exact) mass is 189 g/mol. The summed E-state index contributed by atoms with van der Waals surface area (Å²) in [6.07, 6.45) is 2.52. The SMILES string of the molecule is Cc1ccc2c(c1)CCC(C)C2CN. The van der Waals surface area contributed by atoms with Crippen molar-refractivity contribution in [3.05, 3.63) is 34.9 Å². The molecule has 2 atom stereocenters. The van der Waals surface area contributed by atoms with Crippen molar-refractivity contribution in [2.45, 2.75) is 32.6 Å². The fourth-order valence-corrected chi connectivity index (χ4v) is 2.56. The van der Waals surface area contributed by atoms with Crippen LogP contribution < -0.4 is 5.73 Å². The second kappa shape index (κ2) is 3.74. The molecule has 0 fully saturated rings. The standard InChI is InChI=1S/C13H19N/c1-9-3-6-12-11(7-9)5-4-10(2)13(12)8-14/h3,6-7,10,13H,4-5,8,14H2,1-2H3. The summed E-state index contributed by atoms with van der Waals surface area (Å²) in [7, 11) is 0. The fourth-order valence-electron chi connectivity index (χ4n) is 2.56. The molecule has 1 aliphatic rings. The largest absolute Gasteiger partial charge is 0.330 e. The van der Waals surface area contributed by atoms with Crippen LogP contribution in [0.2, 0.25) is 0 Å². The van der Waals surface area contributed by atoms with Gasteiger partial charge >= 0.3 is 0 Å². The second-order valence-electron chi connectivity index (χ2n) is 4.56. The third-order valence-corrected chi connectivity index (χ3v) is 3.51. The summed E-state index contributed by atoms with van der Waals surface area (Å²) < 4.78 is 0. The normalized spacial score (nSPS) is 25.9. The van der Waals surface area contributed by atoms with Gasteiger partial charge in [-0.15, -0.1) is 0 Å². The first-order valence-electron chi connectivity index (χ1n) is 5.52. The zero-order chi connectivity index (χ0) is 10.1. The average Bonchev–Trinajstić information content (AvgIpc) is 2.18. The molecule has 76 valence electrons. The van der Waals surface area contributed by atoms with Gasteiger partial charge in [0.05, 0.1) is 0 Å². The van der Waals surface area contributed by atoms with Gasteiger partial charge in [-0.2, -0.15) is 0 Å². The van der Waals surface area contributed by atoms with E-state index in [1.165, 1.54) is 29.5 Å². The molecule has 1 heteroatoms. The Morgan fingerprint density at radius 3 is 2.93 bits per heavy atom. The van der Waals surface area contributed by atoms with E-state index in [0.717, 1.165) is 12.5 Å². The van der Waals surface area contributed by atoms with Crippen LogP contribution >= 0.6 is 0 Å². The van der Waals surface area contributed by atoms with Crippen LogP contribution in [0.25, 0.3) is 0 Å². The first-order chi connectivity index (χ1) is 6.72. The van der Waals surface area contributed by atoms with E-state index in [1.54, 1.807) is 0 Å². The van der Waals surface area contributed by atoms with E-state index in [9.17, 15) is 0 Å². The lowest BCUT2D eigenvalue weighted by molar-refractivity contribution is 0.408. The minimum atomic E-state index is 0.583. The minimum Gasteiger partial charge on any atom is -0.330 e. The lowest BCUT2D eigenvalue weighted by atomic mass is 9.76. The van der Waals surface area contributed by atoms with Gasteiger partial charge in [0.25, 0.3) is 0 Å². The molecule has 0 amide bonds. The molecule has 0 radical (unpaired) electrons. The molecule has 0 saturated carbocycles. The molecule has 2 N–H and O–H groups in total. The predicted molar refractivity (Wildman–Crippen MR) is 60.5 cm³/mol. The smallest absolute Gasteiger partial charge is 0.000556 e. The predicted octanol–water partition coefficient (Wildman–Crippen LogP) is 2.62. The number of benzene rings is 1. The second-order valence-corrected chi connectivity index (χ2v) is 4.56. The van der Waals surface area contributed by atoms with Crippen LogP contribution in [0.4, 0.5) is 0 Å². The summed E-state index contributed by atoms with van der Waals surface area (Å²) in [5.41, 5.74) is 10.2. The van der Waals surface area contributed by atoms with Crippen LogP contribution in [0.3, 0.4) is 0 Å². The van der Waals surface area contributed by atoms with E-state index in [1.807, 2.05) is 0 Å². The summed E-state index contributed by atoms with van der Waals surface area (Å²) in [6, 6.07) is 6.81. The van der Waals surface area contributed by atoms with Crippen LogP contribution in [0, 0.1) is 12.8 Å². The Morgan fingerprint density at radius 1 is 1.43 bits per heavy atom. The molecule has 1 aliphatic carbocycles. The van der Waals surface area contributed by atoms with Crippen molar-refractivity contribution < 1.29 is 0 Å². The molecule has 0 aliphatic heterocycles. The highest BCUT2D eigenvalue weighted by Gasteiger charge is 2.24. The van der Waals surface area contributed by atoms with Crippen molar-refractivity contribution >= 4 is 0 Å². The highest BCUT2D eigenvalue weighted by Crippen LogP contribution is 2.35. The zero-order valence-electron chi connectivity index (χ0n) is 9.09. The number of rotatable bonds is 1. The summed E-state index contributed by atoms with van der Waals surface area (Å²) in [6.45, 7) is 5.27. The molecular weight excluding hydrogens is 170 g/mol. The molecular formula is C13H19N. The first-order valence-corrected chi connectivity index (χ1v) is 5.52. The van der Waals surface area contributed by atoms with Crippen LogP contribution in [-0.2, 0) is 6.42 Å². The highest BCUT2D eigenvalue weighted by atomic mass is 14.6. The maximum absolute atomic E-state index is 5.85. The maximum atomic E-state index is 5.85. The number of nitrogens with two attached hydrogens (primary N) is 1. The van der Waals surface area contributed by atoms with Gasteiger partial charge in [-0.25, -0.2) is 0 Å². The van der Waals surface area contributed by atoms with Crippen molar-refractivity contribution in [2.75, 3.05) is 6.54 Å². The van der Waals surface area contributed by atoms with Crippen molar-refractivity contribution in [1.29, 1.82) is 0 Å². The number of hydrogen-bond acceptors (Lipinski definition) is 1. The number of hydrogen-bond donors (Lipinski definition) is 1. The highest BCUT2D eigenvalue weighted by molar-refractivity contribution is 5.36. The average molecular weight is 189 g/mol. The number of aryl methyl sites for hydroxylation is 2. The lowest BCUT2D eigenvalue weighted by Gasteiger charge is -2.30. The first kappa shape index (κ1) is 9.72. The molecule has 2 rings (SSSR count). The van der Waals surface area contributed by atoms with E-state index >= 15 is 0 Å². The minimum absolute atomic E-state index is 0.583. The lowest BCUT2D eigenvalue weighted by Crippen LogP contribution is -2.25. The quantitative estimate of drug-likeness (QED) is 0.722. The third kappa shape index (κ3) is 1.57. The molecule has 0 spiro atoms. The summed E-state index contributed by atoms with van der Waals surface area (Å²) in [5, 5.41) is 0. The Kier molecular flexibility index (Phi) is 2.60. The Labute approximate surface area is 86.3 Å². The molecule has 14 heavy (non-hydrogen) atoms. The van der Waals surface area contributed by atoms with E-state index in [4.69, 9.17) is 5.73 Å². The van der Waals surface area contributed by atoms with Crippen molar-refractivity contribution in [3.8, 4) is 0 Å². The van der Waals surface area contributed by atoms with E-state index < -0.39 is 0 Å². The molecule has 1 aromatic rings. The summed E-state index contributed by atoms with van der Waals surface area (Å²) >= 11 is 0. The number of fused-ring (bicyclic) bond motifs is 1. The van der Waals surface area contributed by atoms with Crippen LogP contribution in [0.1, 0.15) is 36.0 Å². The van der Waals surface area contributed by atoms with Crippen molar-refractivity contribution in [2.24, 2.45) is 11.7 Å². The van der Waals surface area contributed by atoms with Crippen LogP contribution in [-0.4, -0.2) is 6.54 Å². The topological polar surface area (TPSA) is 26.0 Å². The van der Waals surface area contributed by atoms with Gasteiger partial charge < -0.3 is 5.73 Å². The molecule has 0 aromatic heterocycles. The molecule has 2 unspecified atom stereocenters. The molecule has 0 bridgehead atoms. The van der Waals surface area contributed by atoms with Crippen molar-refractivity contribution in [1.82, 2.24) is 0 Å².